The summed E-state index contributed by atoms with van der Waals surface area (Å²) < 4.78 is 0. The molecule has 0 spiro atoms. The number of rotatable bonds is 10. The van der Waals surface area contributed by atoms with Gasteiger partial charge in [0.05, 0.1) is 0 Å². The third-order valence-electron chi connectivity index (χ3n) is 5.40. The van der Waals surface area contributed by atoms with E-state index < -0.39 is 0 Å². The third-order valence-corrected chi connectivity index (χ3v) is 5.40. The molecule has 0 aliphatic rings. The lowest BCUT2D eigenvalue weighted by Crippen LogP contribution is -2.34. The first kappa shape index (κ1) is 17.1. The Kier molecular flexibility index (Phi) is 8.25. The first-order chi connectivity index (χ1) is 7.99. The Morgan fingerprint density at radius 1 is 0.765 bits per heavy atom. The van der Waals surface area contributed by atoms with Gasteiger partial charge in [-0.1, -0.05) is 84.9 Å². The van der Waals surface area contributed by atoms with Gasteiger partial charge in [-0.2, -0.15) is 0 Å². The van der Waals surface area contributed by atoms with Crippen LogP contribution in [0.1, 0.15) is 92.4 Å². The van der Waals surface area contributed by atoms with Crippen LogP contribution >= 0.6 is 0 Å². The van der Waals surface area contributed by atoms with Gasteiger partial charge in [-0.15, -0.1) is 0 Å². The largest absolute Gasteiger partial charge is 0.110 e. The summed E-state index contributed by atoms with van der Waals surface area (Å²) in [5.74, 6) is 0. The highest BCUT2D eigenvalue weighted by Crippen LogP contribution is 2.54. The third kappa shape index (κ3) is 4.68. The van der Waals surface area contributed by atoms with E-state index in [9.17, 15) is 0 Å². The summed E-state index contributed by atoms with van der Waals surface area (Å²) in [5, 5.41) is 0.537. The number of hydrogen-bond acceptors (Lipinski definition) is 0. The Bertz CT molecular complexity index is 184. The molecule has 0 aromatic rings. The van der Waals surface area contributed by atoms with Crippen molar-refractivity contribution in [1.29, 1.82) is 0 Å². The SMILES string of the molecule is BC(CC)(CC)C(C)(CCC)CCCCCC. The minimum Gasteiger partial charge on any atom is -0.0655 e. The van der Waals surface area contributed by atoms with Crippen LogP contribution < -0.4 is 0 Å². The van der Waals surface area contributed by atoms with E-state index in [2.05, 4.69) is 42.5 Å². The molecule has 0 fully saturated rings. The molecule has 1 heteroatoms. The average molecular weight is 238 g/mol. The maximum Gasteiger partial charge on any atom is 0.110 e. The van der Waals surface area contributed by atoms with Crippen molar-refractivity contribution in [2.24, 2.45) is 5.41 Å². The normalized spacial score (nSPS) is 15.8. The zero-order chi connectivity index (χ0) is 13.4. The van der Waals surface area contributed by atoms with Crippen LogP contribution in [0.4, 0.5) is 0 Å². The summed E-state index contributed by atoms with van der Waals surface area (Å²) >= 11 is 0. The Morgan fingerprint density at radius 2 is 1.35 bits per heavy atom. The molecule has 1 unspecified atom stereocenters. The summed E-state index contributed by atoms with van der Waals surface area (Å²) in [5.41, 5.74) is 0.555. The molecular formula is C16H35B. The van der Waals surface area contributed by atoms with E-state index in [-0.39, 0.29) is 0 Å². The van der Waals surface area contributed by atoms with Crippen LogP contribution in [0.2, 0.25) is 5.31 Å². The van der Waals surface area contributed by atoms with Gasteiger partial charge in [0.2, 0.25) is 0 Å². The van der Waals surface area contributed by atoms with E-state index in [0.717, 1.165) is 0 Å². The predicted octanol–water partition coefficient (Wildman–Crippen LogP) is 5.38. The zero-order valence-corrected chi connectivity index (χ0v) is 13.4. The van der Waals surface area contributed by atoms with E-state index in [1.165, 1.54) is 57.8 Å². The summed E-state index contributed by atoms with van der Waals surface area (Å²) in [7, 11) is 2.52. The number of unbranched alkanes of at least 4 members (excludes halogenated alkanes) is 3. The highest BCUT2D eigenvalue weighted by molar-refractivity contribution is 6.15. The molecule has 0 aromatic heterocycles. The average Bonchev–Trinajstić information content (AvgIpc) is 2.34. The summed E-state index contributed by atoms with van der Waals surface area (Å²) in [6.45, 7) is 12.0. The Morgan fingerprint density at radius 3 is 1.76 bits per heavy atom. The van der Waals surface area contributed by atoms with Crippen LogP contribution in [0.15, 0.2) is 0 Å². The molecule has 0 heterocycles. The van der Waals surface area contributed by atoms with Crippen molar-refractivity contribution in [3.05, 3.63) is 0 Å². The van der Waals surface area contributed by atoms with Crippen molar-refractivity contribution in [2.75, 3.05) is 0 Å². The molecule has 0 rings (SSSR count). The van der Waals surface area contributed by atoms with Crippen molar-refractivity contribution in [3.63, 3.8) is 0 Å². The van der Waals surface area contributed by atoms with Gasteiger partial charge in [0.1, 0.15) is 7.85 Å². The van der Waals surface area contributed by atoms with E-state index in [4.69, 9.17) is 0 Å². The maximum absolute atomic E-state index is 2.55. The van der Waals surface area contributed by atoms with Gasteiger partial charge < -0.3 is 0 Å². The molecule has 0 saturated heterocycles. The molecule has 0 aromatic carbocycles. The zero-order valence-electron chi connectivity index (χ0n) is 13.4. The van der Waals surface area contributed by atoms with Crippen LogP contribution in [-0.4, -0.2) is 7.85 Å². The van der Waals surface area contributed by atoms with Crippen molar-refractivity contribution < 1.29 is 0 Å². The molecule has 0 aliphatic heterocycles. The van der Waals surface area contributed by atoms with Crippen molar-refractivity contribution >= 4 is 7.85 Å². The molecule has 17 heavy (non-hydrogen) atoms. The molecule has 0 amide bonds. The van der Waals surface area contributed by atoms with Crippen molar-refractivity contribution in [2.45, 2.75) is 97.7 Å². The lowest BCUT2D eigenvalue weighted by molar-refractivity contribution is 0.152. The number of hydrogen-bond donors (Lipinski definition) is 0. The van der Waals surface area contributed by atoms with Gasteiger partial charge in [0.25, 0.3) is 0 Å². The Balaban J connectivity index is 4.53. The first-order valence-electron chi connectivity index (χ1n) is 7.99. The molecule has 0 N–H and O–H groups in total. The van der Waals surface area contributed by atoms with Gasteiger partial charge in [-0.3, -0.25) is 0 Å². The summed E-state index contributed by atoms with van der Waals surface area (Å²) in [6, 6.07) is 0. The molecule has 0 nitrogen and oxygen atoms in total. The van der Waals surface area contributed by atoms with Crippen LogP contribution in [0.25, 0.3) is 0 Å². The minimum absolute atomic E-state index is 0.537. The van der Waals surface area contributed by atoms with Gasteiger partial charge in [-0.05, 0) is 18.3 Å². The Labute approximate surface area is 111 Å². The smallest absolute Gasteiger partial charge is 0.0655 e. The van der Waals surface area contributed by atoms with Gasteiger partial charge in [0.15, 0.2) is 0 Å². The molecular weight excluding hydrogens is 203 g/mol. The standard InChI is InChI=1S/C16H35B/c1-6-10-11-12-14-15(5,13-7-2)16(17,8-3)9-4/h6-14,17H2,1-5H3. The van der Waals surface area contributed by atoms with E-state index in [1.54, 1.807) is 0 Å². The molecule has 0 bridgehead atoms. The lowest BCUT2D eigenvalue weighted by Gasteiger charge is -2.47. The van der Waals surface area contributed by atoms with Gasteiger partial charge in [0, 0.05) is 0 Å². The fourth-order valence-corrected chi connectivity index (χ4v) is 3.33. The van der Waals surface area contributed by atoms with Crippen LogP contribution in [-0.2, 0) is 0 Å². The van der Waals surface area contributed by atoms with Crippen molar-refractivity contribution in [1.82, 2.24) is 0 Å². The topological polar surface area (TPSA) is 0 Å². The lowest BCUT2D eigenvalue weighted by atomic mass is 9.48. The monoisotopic (exact) mass is 238 g/mol. The second-order valence-corrected chi connectivity index (χ2v) is 6.39. The molecule has 1 atom stereocenters. The van der Waals surface area contributed by atoms with Crippen LogP contribution in [0.3, 0.4) is 0 Å². The fourth-order valence-electron chi connectivity index (χ4n) is 3.33. The molecule has 0 radical (unpaired) electrons. The molecule has 0 saturated carbocycles. The highest BCUT2D eigenvalue weighted by Gasteiger charge is 2.40. The van der Waals surface area contributed by atoms with E-state index in [1.807, 2.05) is 0 Å². The fraction of sp³-hybridized carbons (Fsp3) is 1.00. The highest BCUT2D eigenvalue weighted by atomic mass is 14.4. The van der Waals surface area contributed by atoms with Crippen LogP contribution in [0.5, 0.6) is 0 Å². The summed E-state index contributed by atoms with van der Waals surface area (Å²) in [4.78, 5) is 0. The summed E-state index contributed by atoms with van der Waals surface area (Å²) in [6.07, 6.45) is 12.4. The predicted molar refractivity (Wildman–Crippen MR) is 83.6 cm³/mol. The van der Waals surface area contributed by atoms with Gasteiger partial charge in [-0.25, -0.2) is 0 Å². The first-order valence-corrected chi connectivity index (χ1v) is 7.99. The van der Waals surface area contributed by atoms with Crippen LogP contribution in [0, 0.1) is 5.41 Å². The minimum atomic E-state index is 0.537. The van der Waals surface area contributed by atoms with E-state index >= 15 is 0 Å². The second kappa shape index (κ2) is 8.22. The molecule has 102 valence electrons. The van der Waals surface area contributed by atoms with Crippen molar-refractivity contribution in [3.8, 4) is 0 Å². The quantitative estimate of drug-likeness (QED) is 0.354. The van der Waals surface area contributed by atoms with E-state index in [0.29, 0.717) is 10.7 Å². The Hall–Kier alpha value is 0.0649. The molecule has 0 aliphatic carbocycles. The van der Waals surface area contributed by atoms with Gasteiger partial charge >= 0.3 is 0 Å². The maximum atomic E-state index is 2.55. The second-order valence-electron chi connectivity index (χ2n) is 6.39.